The van der Waals surface area contributed by atoms with E-state index in [9.17, 15) is 8.42 Å². The number of methoxy groups -OCH3 is 1. The Kier molecular flexibility index (Phi) is 7.62. The second kappa shape index (κ2) is 8.70. The van der Waals surface area contributed by atoms with Crippen LogP contribution < -0.4 is 10.0 Å². The van der Waals surface area contributed by atoms with E-state index < -0.39 is 10.0 Å². The van der Waals surface area contributed by atoms with Gasteiger partial charge in [0, 0.05) is 31.8 Å². The van der Waals surface area contributed by atoms with E-state index in [-0.39, 0.29) is 4.90 Å². The number of hydrogen-bond donors (Lipinski definition) is 2. The molecule has 0 aliphatic heterocycles. The average molecular weight is 335 g/mol. The third-order valence-corrected chi connectivity index (χ3v) is 4.91. The highest BCUT2D eigenvalue weighted by Crippen LogP contribution is 2.24. The number of benzene rings is 1. The zero-order valence-electron chi connectivity index (χ0n) is 12.7. The lowest BCUT2D eigenvalue weighted by atomic mass is 10.1. The minimum absolute atomic E-state index is 0.236. The highest BCUT2D eigenvalue weighted by atomic mass is 35.5. The van der Waals surface area contributed by atoms with Crippen LogP contribution >= 0.6 is 11.6 Å². The molecule has 0 aliphatic rings. The SMILES string of the molecule is CCNCc1cc(Cl)cc(S(=O)(=O)NCCCOC)c1C. The lowest BCUT2D eigenvalue weighted by Crippen LogP contribution is -2.26. The molecule has 0 unspecified atom stereocenters. The van der Waals surface area contributed by atoms with Crippen LogP contribution in [-0.2, 0) is 21.3 Å². The topological polar surface area (TPSA) is 67.4 Å². The van der Waals surface area contributed by atoms with Gasteiger partial charge in [-0.1, -0.05) is 18.5 Å². The van der Waals surface area contributed by atoms with Crippen molar-refractivity contribution in [1.82, 2.24) is 10.0 Å². The molecular weight excluding hydrogens is 312 g/mol. The van der Waals surface area contributed by atoms with Gasteiger partial charge in [0.25, 0.3) is 0 Å². The number of halogens is 1. The Hall–Kier alpha value is -0.660. The Morgan fingerprint density at radius 2 is 2.05 bits per heavy atom. The van der Waals surface area contributed by atoms with Crippen molar-refractivity contribution < 1.29 is 13.2 Å². The highest BCUT2D eigenvalue weighted by Gasteiger charge is 2.19. The van der Waals surface area contributed by atoms with Gasteiger partial charge < -0.3 is 10.1 Å². The molecule has 120 valence electrons. The molecule has 0 amide bonds. The molecule has 5 nitrogen and oxygen atoms in total. The Morgan fingerprint density at radius 3 is 2.67 bits per heavy atom. The van der Waals surface area contributed by atoms with Gasteiger partial charge in [-0.2, -0.15) is 0 Å². The molecule has 1 rings (SSSR count). The maximum Gasteiger partial charge on any atom is 0.240 e. The van der Waals surface area contributed by atoms with Crippen molar-refractivity contribution in [3.63, 3.8) is 0 Å². The molecule has 0 saturated heterocycles. The van der Waals surface area contributed by atoms with Crippen LogP contribution in [0, 0.1) is 6.92 Å². The van der Waals surface area contributed by atoms with Crippen molar-refractivity contribution in [2.24, 2.45) is 0 Å². The molecule has 0 heterocycles. The summed E-state index contributed by atoms with van der Waals surface area (Å²) in [5.41, 5.74) is 1.61. The summed E-state index contributed by atoms with van der Waals surface area (Å²) < 4.78 is 32.2. The van der Waals surface area contributed by atoms with Gasteiger partial charge in [-0.15, -0.1) is 0 Å². The van der Waals surface area contributed by atoms with Crippen molar-refractivity contribution >= 4 is 21.6 Å². The van der Waals surface area contributed by atoms with Gasteiger partial charge in [-0.05, 0) is 43.1 Å². The summed E-state index contributed by atoms with van der Waals surface area (Å²) in [5, 5.41) is 3.60. The second-order valence-corrected chi connectivity index (χ2v) is 6.88. The van der Waals surface area contributed by atoms with Gasteiger partial charge >= 0.3 is 0 Å². The van der Waals surface area contributed by atoms with Crippen LogP contribution in [-0.4, -0.2) is 35.2 Å². The molecule has 0 saturated carbocycles. The van der Waals surface area contributed by atoms with Gasteiger partial charge in [-0.25, -0.2) is 13.1 Å². The van der Waals surface area contributed by atoms with E-state index >= 15 is 0 Å². The molecule has 0 aliphatic carbocycles. The largest absolute Gasteiger partial charge is 0.385 e. The minimum Gasteiger partial charge on any atom is -0.385 e. The summed E-state index contributed by atoms with van der Waals surface area (Å²) >= 11 is 6.05. The lowest BCUT2D eigenvalue weighted by molar-refractivity contribution is 0.196. The van der Waals surface area contributed by atoms with E-state index in [1.807, 2.05) is 6.92 Å². The Bertz CT molecular complexity index is 562. The molecule has 21 heavy (non-hydrogen) atoms. The monoisotopic (exact) mass is 334 g/mol. The van der Waals surface area contributed by atoms with Crippen molar-refractivity contribution in [3.8, 4) is 0 Å². The predicted octanol–water partition coefficient (Wildman–Crippen LogP) is 2.07. The first kappa shape index (κ1) is 18.4. The number of sulfonamides is 1. The van der Waals surface area contributed by atoms with Crippen molar-refractivity contribution in [1.29, 1.82) is 0 Å². The fraction of sp³-hybridized carbons (Fsp3) is 0.571. The van der Waals surface area contributed by atoms with Crippen LogP contribution in [0.3, 0.4) is 0 Å². The summed E-state index contributed by atoms with van der Waals surface area (Å²) in [7, 11) is -1.97. The summed E-state index contributed by atoms with van der Waals surface area (Å²) in [6, 6.07) is 3.29. The van der Waals surface area contributed by atoms with E-state index in [2.05, 4.69) is 10.0 Å². The first-order chi connectivity index (χ1) is 9.92. The first-order valence-electron chi connectivity index (χ1n) is 6.90. The fourth-order valence-electron chi connectivity index (χ4n) is 1.93. The third kappa shape index (κ3) is 5.56. The van der Waals surface area contributed by atoms with Crippen LogP contribution in [0.15, 0.2) is 17.0 Å². The highest BCUT2D eigenvalue weighted by molar-refractivity contribution is 7.89. The van der Waals surface area contributed by atoms with Gasteiger partial charge in [0.15, 0.2) is 0 Å². The molecule has 0 spiro atoms. The molecule has 1 aromatic carbocycles. The Labute approximate surface area is 132 Å². The van der Waals surface area contributed by atoms with E-state index in [0.29, 0.717) is 31.1 Å². The van der Waals surface area contributed by atoms with Crippen molar-refractivity contribution in [3.05, 3.63) is 28.3 Å². The van der Waals surface area contributed by atoms with E-state index in [1.165, 1.54) is 6.07 Å². The molecule has 7 heteroatoms. The summed E-state index contributed by atoms with van der Waals surface area (Å²) in [6.07, 6.45) is 0.625. The second-order valence-electron chi connectivity index (χ2n) is 4.71. The molecule has 0 radical (unpaired) electrons. The molecule has 0 bridgehead atoms. The quantitative estimate of drug-likeness (QED) is 0.678. The normalized spacial score (nSPS) is 11.8. The fourth-order valence-corrected chi connectivity index (χ4v) is 3.62. The first-order valence-corrected chi connectivity index (χ1v) is 8.76. The molecular formula is C14H23ClN2O3S. The Morgan fingerprint density at radius 1 is 1.33 bits per heavy atom. The Balaban J connectivity index is 2.97. The van der Waals surface area contributed by atoms with Crippen molar-refractivity contribution in [2.45, 2.75) is 31.7 Å². The summed E-state index contributed by atoms with van der Waals surface area (Å²) in [6.45, 7) is 6.05. The average Bonchev–Trinajstić information content (AvgIpc) is 2.44. The summed E-state index contributed by atoms with van der Waals surface area (Å²) in [4.78, 5) is 0.236. The zero-order chi connectivity index (χ0) is 15.9. The zero-order valence-corrected chi connectivity index (χ0v) is 14.3. The van der Waals surface area contributed by atoms with Gasteiger partial charge in [-0.3, -0.25) is 0 Å². The molecule has 0 atom stereocenters. The molecule has 0 aromatic heterocycles. The molecule has 2 N–H and O–H groups in total. The number of hydrogen-bond acceptors (Lipinski definition) is 4. The molecule has 1 aromatic rings. The van der Waals surface area contributed by atoms with Crippen LogP contribution in [0.25, 0.3) is 0 Å². The molecule has 0 fully saturated rings. The van der Waals surface area contributed by atoms with Gasteiger partial charge in [0.1, 0.15) is 0 Å². The summed E-state index contributed by atoms with van der Waals surface area (Å²) in [5.74, 6) is 0. The van der Waals surface area contributed by atoms with E-state index in [4.69, 9.17) is 16.3 Å². The standard InChI is InChI=1S/C14H23ClN2O3S/c1-4-16-10-12-8-13(15)9-14(11(12)2)21(18,19)17-6-5-7-20-3/h8-9,16-17H,4-7,10H2,1-3H3. The van der Waals surface area contributed by atoms with Gasteiger partial charge in [0.05, 0.1) is 4.90 Å². The smallest absolute Gasteiger partial charge is 0.240 e. The predicted molar refractivity (Wildman–Crippen MR) is 85.3 cm³/mol. The van der Waals surface area contributed by atoms with Gasteiger partial charge in [0.2, 0.25) is 10.0 Å². The maximum atomic E-state index is 12.4. The minimum atomic E-state index is -3.56. The van der Waals surface area contributed by atoms with Crippen LogP contribution in [0.2, 0.25) is 5.02 Å². The number of ether oxygens (including phenoxy) is 1. The van der Waals surface area contributed by atoms with Crippen LogP contribution in [0.4, 0.5) is 0 Å². The van der Waals surface area contributed by atoms with Crippen LogP contribution in [0.1, 0.15) is 24.5 Å². The number of nitrogens with one attached hydrogen (secondary N) is 2. The van der Waals surface area contributed by atoms with E-state index in [1.54, 1.807) is 20.1 Å². The lowest BCUT2D eigenvalue weighted by Gasteiger charge is -2.14. The maximum absolute atomic E-state index is 12.4. The van der Waals surface area contributed by atoms with Crippen LogP contribution in [0.5, 0.6) is 0 Å². The van der Waals surface area contributed by atoms with E-state index in [0.717, 1.165) is 17.7 Å². The van der Waals surface area contributed by atoms with Crippen molar-refractivity contribution in [2.75, 3.05) is 26.8 Å². The number of rotatable bonds is 9. The third-order valence-electron chi connectivity index (χ3n) is 3.10.